The third-order valence-electron chi connectivity index (χ3n) is 4.97. The second kappa shape index (κ2) is 7.40. The average Bonchev–Trinajstić information content (AvgIpc) is 3.04. The standard InChI is InChI=1S/C17H26N2O3/c1-20-14-6-7-18-13(10-14)11-19-8-9-22-12-16(19)15-4-3-5-17(15)21-2/h6-7,10,15-17H,3-5,8-9,11-12H2,1-2H3/t15-,16-,17+/m1/s1. The van der Waals surface area contributed by atoms with Gasteiger partial charge in [-0.05, 0) is 18.9 Å². The molecule has 1 aromatic rings. The Morgan fingerprint density at radius 2 is 2.27 bits per heavy atom. The van der Waals surface area contributed by atoms with Gasteiger partial charge in [-0.3, -0.25) is 9.88 Å². The molecule has 122 valence electrons. The minimum Gasteiger partial charge on any atom is -0.497 e. The number of pyridine rings is 1. The minimum atomic E-state index is 0.368. The first-order valence-electron chi connectivity index (χ1n) is 8.15. The fourth-order valence-electron chi connectivity index (χ4n) is 3.81. The van der Waals surface area contributed by atoms with E-state index in [-0.39, 0.29) is 0 Å². The summed E-state index contributed by atoms with van der Waals surface area (Å²) in [6.07, 6.45) is 5.84. The fourth-order valence-corrected chi connectivity index (χ4v) is 3.81. The molecule has 5 nitrogen and oxygen atoms in total. The van der Waals surface area contributed by atoms with Crippen molar-refractivity contribution in [3.05, 3.63) is 24.0 Å². The van der Waals surface area contributed by atoms with Crippen LogP contribution < -0.4 is 4.74 Å². The molecule has 0 radical (unpaired) electrons. The largest absolute Gasteiger partial charge is 0.497 e. The average molecular weight is 306 g/mol. The maximum atomic E-state index is 5.76. The third-order valence-corrected chi connectivity index (χ3v) is 4.97. The maximum absolute atomic E-state index is 5.76. The Hall–Kier alpha value is -1.17. The second-order valence-electron chi connectivity index (χ2n) is 6.17. The normalized spacial score (nSPS) is 29.6. The Morgan fingerprint density at radius 1 is 1.36 bits per heavy atom. The van der Waals surface area contributed by atoms with Crippen molar-refractivity contribution >= 4 is 0 Å². The summed E-state index contributed by atoms with van der Waals surface area (Å²) in [6, 6.07) is 4.34. The summed E-state index contributed by atoms with van der Waals surface area (Å²) in [6.45, 7) is 3.40. The van der Waals surface area contributed by atoms with Gasteiger partial charge in [-0.1, -0.05) is 6.42 Å². The van der Waals surface area contributed by atoms with E-state index >= 15 is 0 Å². The van der Waals surface area contributed by atoms with Gasteiger partial charge in [-0.25, -0.2) is 0 Å². The van der Waals surface area contributed by atoms with E-state index < -0.39 is 0 Å². The molecule has 3 rings (SSSR count). The van der Waals surface area contributed by atoms with Crippen molar-refractivity contribution in [2.24, 2.45) is 5.92 Å². The first-order chi connectivity index (χ1) is 10.8. The monoisotopic (exact) mass is 306 g/mol. The van der Waals surface area contributed by atoms with Crippen LogP contribution in [-0.2, 0) is 16.0 Å². The number of ether oxygens (including phenoxy) is 3. The molecule has 1 saturated carbocycles. The number of aromatic nitrogens is 1. The van der Waals surface area contributed by atoms with Crippen LogP contribution in [0.15, 0.2) is 18.3 Å². The quantitative estimate of drug-likeness (QED) is 0.833. The SMILES string of the molecule is COc1ccnc(CN2CCOC[C@@H]2[C@H]2CCC[C@@H]2OC)c1. The molecule has 2 fully saturated rings. The molecule has 0 spiro atoms. The van der Waals surface area contributed by atoms with Gasteiger partial charge >= 0.3 is 0 Å². The van der Waals surface area contributed by atoms with E-state index in [0.717, 1.165) is 37.7 Å². The molecule has 5 heteroatoms. The van der Waals surface area contributed by atoms with Gasteiger partial charge in [0.25, 0.3) is 0 Å². The van der Waals surface area contributed by atoms with Crippen LogP contribution in [0.4, 0.5) is 0 Å². The minimum absolute atomic E-state index is 0.368. The molecular formula is C17H26N2O3. The van der Waals surface area contributed by atoms with Crippen LogP contribution >= 0.6 is 0 Å². The molecule has 2 aliphatic rings. The third kappa shape index (κ3) is 3.42. The van der Waals surface area contributed by atoms with Crippen molar-refractivity contribution in [3.63, 3.8) is 0 Å². The molecular weight excluding hydrogens is 280 g/mol. The van der Waals surface area contributed by atoms with Gasteiger partial charge in [0.2, 0.25) is 0 Å². The highest BCUT2D eigenvalue weighted by atomic mass is 16.5. The predicted octanol–water partition coefficient (Wildman–Crippen LogP) is 2.11. The summed E-state index contributed by atoms with van der Waals surface area (Å²) < 4.78 is 16.8. The van der Waals surface area contributed by atoms with Crippen molar-refractivity contribution in [3.8, 4) is 5.75 Å². The zero-order valence-electron chi connectivity index (χ0n) is 13.5. The maximum Gasteiger partial charge on any atom is 0.122 e. The molecule has 0 aromatic carbocycles. The van der Waals surface area contributed by atoms with Crippen LogP contribution in [0.3, 0.4) is 0 Å². The lowest BCUT2D eigenvalue weighted by Crippen LogP contribution is -2.51. The van der Waals surface area contributed by atoms with Crippen molar-refractivity contribution < 1.29 is 14.2 Å². The van der Waals surface area contributed by atoms with Gasteiger partial charge in [0.05, 0.1) is 32.1 Å². The molecule has 0 N–H and O–H groups in total. The van der Waals surface area contributed by atoms with Crippen LogP contribution in [0.1, 0.15) is 25.0 Å². The van der Waals surface area contributed by atoms with Crippen molar-refractivity contribution in [2.45, 2.75) is 38.0 Å². The number of hydrogen-bond donors (Lipinski definition) is 0. The molecule has 22 heavy (non-hydrogen) atoms. The van der Waals surface area contributed by atoms with E-state index in [4.69, 9.17) is 14.2 Å². The van der Waals surface area contributed by atoms with Crippen LogP contribution in [-0.4, -0.2) is 56.0 Å². The summed E-state index contributed by atoms with van der Waals surface area (Å²) in [5, 5.41) is 0. The lowest BCUT2D eigenvalue weighted by molar-refractivity contribution is -0.0612. The lowest BCUT2D eigenvalue weighted by Gasteiger charge is -2.40. The zero-order chi connectivity index (χ0) is 15.4. The van der Waals surface area contributed by atoms with Crippen molar-refractivity contribution in [1.29, 1.82) is 0 Å². The van der Waals surface area contributed by atoms with Gasteiger partial charge < -0.3 is 14.2 Å². The molecule has 0 unspecified atom stereocenters. The smallest absolute Gasteiger partial charge is 0.122 e. The summed E-state index contributed by atoms with van der Waals surface area (Å²) in [4.78, 5) is 7.00. The molecule has 2 heterocycles. The van der Waals surface area contributed by atoms with E-state index in [2.05, 4.69) is 9.88 Å². The summed E-state index contributed by atoms with van der Waals surface area (Å²) in [7, 11) is 3.53. The van der Waals surface area contributed by atoms with Crippen molar-refractivity contribution in [2.75, 3.05) is 34.0 Å². The molecule has 1 aliphatic carbocycles. The van der Waals surface area contributed by atoms with Crippen LogP contribution in [0.2, 0.25) is 0 Å². The zero-order valence-corrected chi connectivity index (χ0v) is 13.5. The van der Waals surface area contributed by atoms with Crippen molar-refractivity contribution in [1.82, 2.24) is 9.88 Å². The first-order valence-corrected chi connectivity index (χ1v) is 8.15. The van der Waals surface area contributed by atoms with Crippen LogP contribution in [0, 0.1) is 5.92 Å². The number of hydrogen-bond acceptors (Lipinski definition) is 5. The van der Waals surface area contributed by atoms with Gasteiger partial charge in [0.15, 0.2) is 0 Å². The Kier molecular flexibility index (Phi) is 5.28. The summed E-state index contributed by atoms with van der Waals surface area (Å²) >= 11 is 0. The Balaban J connectivity index is 1.72. The molecule has 1 aliphatic heterocycles. The van der Waals surface area contributed by atoms with E-state index in [9.17, 15) is 0 Å². The van der Waals surface area contributed by atoms with Gasteiger partial charge in [0, 0.05) is 44.4 Å². The molecule has 1 saturated heterocycles. The number of rotatable bonds is 5. The Labute approximate surface area is 132 Å². The second-order valence-corrected chi connectivity index (χ2v) is 6.17. The highest BCUT2D eigenvalue weighted by molar-refractivity contribution is 5.22. The predicted molar refractivity (Wildman–Crippen MR) is 83.9 cm³/mol. The lowest BCUT2D eigenvalue weighted by atomic mass is 9.94. The van der Waals surface area contributed by atoms with Gasteiger partial charge in [-0.15, -0.1) is 0 Å². The number of nitrogens with zero attached hydrogens (tertiary/aromatic N) is 2. The topological polar surface area (TPSA) is 43.8 Å². The number of morpholine rings is 1. The summed E-state index contributed by atoms with van der Waals surface area (Å²) in [5.74, 6) is 1.43. The molecule has 0 amide bonds. The molecule has 1 aromatic heterocycles. The molecule has 0 bridgehead atoms. The first kappa shape index (κ1) is 15.7. The summed E-state index contributed by atoms with van der Waals surface area (Å²) in [5.41, 5.74) is 1.05. The van der Waals surface area contributed by atoms with E-state index in [0.29, 0.717) is 18.1 Å². The van der Waals surface area contributed by atoms with E-state index in [1.807, 2.05) is 25.4 Å². The highest BCUT2D eigenvalue weighted by Crippen LogP contribution is 2.34. The number of methoxy groups -OCH3 is 2. The highest BCUT2D eigenvalue weighted by Gasteiger charge is 2.38. The fraction of sp³-hybridized carbons (Fsp3) is 0.706. The van der Waals surface area contributed by atoms with E-state index in [1.54, 1.807) is 7.11 Å². The van der Waals surface area contributed by atoms with Gasteiger partial charge in [0.1, 0.15) is 5.75 Å². The Bertz CT molecular complexity index is 483. The van der Waals surface area contributed by atoms with Crippen LogP contribution in [0.5, 0.6) is 5.75 Å². The van der Waals surface area contributed by atoms with Gasteiger partial charge in [-0.2, -0.15) is 0 Å². The van der Waals surface area contributed by atoms with Crippen LogP contribution in [0.25, 0.3) is 0 Å². The Morgan fingerprint density at radius 3 is 3.09 bits per heavy atom. The molecule has 3 atom stereocenters. The van der Waals surface area contributed by atoms with E-state index in [1.165, 1.54) is 19.3 Å².